The van der Waals surface area contributed by atoms with Crippen molar-refractivity contribution >= 4 is 0 Å². The number of rotatable bonds is 10. The lowest BCUT2D eigenvalue weighted by Crippen LogP contribution is -2.20. The third-order valence-corrected chi connectivity index (χ3v) is 5.00. The predicted octanol–water partition coefficient (Wildman–Crippen LogP) is 4.62. The Labute approximate surface area is 142 Å². The summed E-state index contributed by atoms with van der Waals surface area (Å²) in [6.07, 6.45) is 10.1. The van der Waals surface area contributed by atoms with E-state index in [0.29, 0.717) is 11.8 Å². The lowest BCUT2D eigenvalue weighted by molar-refractivity contribution is 0.0930. The molecule has 2 N–H and O–H groups in total. The highest BCUT2D eigenvalue weighted by Gasteiger charge is 2.20. The highest BCUT2D eigenvalue weighted by atomic mass is 16.5. The third-order valence-electron chi connectivity index (χ3n) is 5.00. The van der Waals surface area contributed by atoms with Crippen molar-refractivity contribution < 1.29 is 4.74 Å². The van der Waals surface area contributed by atoms with Gasteiger partial charge in [-0.15, -0.1) is 6.58 Å². The monoisotopic (exact) mass is 315 g/mol. The Morgan fingerprint density at radius 2 is 2.26 bits per heavy atom. The van der Waals surface area contributed by atoms with Gasteiger partial charge in [-0.05, 0) is 73.6 Å². The van der Waals surface area contributed by atoms with Gasteiger partial charge in [-0.1, -0.05) is 37.6 Å². The molecule has 2 atom stereocenters. The number of aryl methyl sites for hydroxylation is 1. The van der Waals surface area contributed by atoms with Crippen molar-refractivity contribution in [2.75, 3.05) is 19.8 Å². The lowest BCUT2D eigenvalue weighted by Gasteiger charge is -2.26. The van der Waals surface area contributed by atoms with Gasteiger partial charge in [-0.3, -0.25) is 0 Å². The van der Waals surface area contributed by atoms with Gasteiger partial charge >= 0.3 is 0 Å². The summed E-state index contributed by atoms with van der Waals surface area (Å²) in [5, 5.41) is 0. The zero-order chi connectivity index (χ0) is 16.5. The first kappa shape index (κ1) is 18.2. The number of hydrogen-bond acceptors (Lipinski definition) is 2. The number of allylic oxidation sites excluding steroid dienone is 1. The van der Waals surface area contributed by atoms with E-state index in [0.717, 1.165) is 39.0 Å². The fraction of sp³-hybridized carbons (Fsp3) is 0.619. The van der Waals surface area contributed by atoms with Crippen LogP contribution in [0.5, 0.6) is 0 Å². The zero-order valence-corrected chi connectivity index (χ0v) is 14.7. The molecule has 0 aromatic heterocycles. The van der Waals surface area contributed by atoms with Crippen LogP contribution in [0.25, 0.3) is 0 Å². The van der Waals surface area contributed by atoms with Crippen molar-refractivity contribution in [2.24, 2.45) is 11.7 Å². The first-order valence-corrected chi connectivity index (χ1v) is 9.28. The molecule has 2 unspecified atom stereocenters. The number of hydrogen-bond donors (Lipinski definition) is 1. The molecule has 2 heteroatoms. The summed E-state index contributed by atoms with van der Waals surface area (Å²) in [4.78, 5) is 0. The van der Waals surface area contributed by atoms with Gasteiger partial charge in [0.15, 0.2) is 0 Å². The van der Waals surface area contributed by atoms with Crippen LogP contribution in [0.15, 0.2) is 30.9 Å². The largest absolute Gasteiger partial charge is 0.381 e. The van der Waals surface area contributed by atoms with E-state index in [9.17, 15) is 0 Å². The first-order chi connectivity index (χ1) is 11.3. The summed E-state index contributed by atoms with van der Waals surface area (Å²) in [5.41, 5.74) is 10.5. The van der Waals surface area contributed by atoms with E-state index < -0.39 is 0 Å². The summed E-state index contributed by atoms with van der Waals surface area (Å²) in [5.74, 6) is 1.20. The smallest absolute Gasteiger partial charge is 0.0497 e. The standard InChI is InChI=1S/C21H33NO/c1-3-5-6-12-23-16-17-8-9-19-14-20(11-10-18(19)13-17)21(15-22)7-4-2/h3,10-11,14,17,21H,1,4-9,12-13,15-16,22H2,2H3. The van der Waals surface area contributed by atoms with Crippen molar-refractivity contribution in [3.8, 4) is 0 Å². The minimum Gasteiger partial charge on any atom is -0.381 e. The van der Waals surface area contributed by atoms with E-state index >= 15 is 0 Å². The van der Waals surface area contributed by atoms with Crippen LogP contribution in [0, 0.1) is 5.92 Å². The minimum atomic E-state index is 0.524. The number of ether oxygens (including phenoxy) is 1. The Morgan fingerprint density at radius 3 is 3.00 bits per heavy atom. The molecule has 1 aromatic rings. The van der Waals surface area contributed by atoms with E-state index in [1.165, 1.54) is 36.8 Å². The predicted molar refractivity (Wildman–Crippen MR) is 98.9 cm³/mol. The average Bonchev–Trinajstić information content (AvgIpc) is 2.59. The van der Waals surface area contributed by atoms with Crippen molar-refractivity contribution in [3.63, 3.8) is 0 Å². The van der Waals surface area contributed by atoms with Crippen LogP contribution in [0.2, 0.25) is 0 Å². The fourth-order valence-electron chi connectivity index (χ4n) is 3.60. The van der Waals surface area contributed by atoms with Gasteiger partial charge in [-0.2, -0.15) is 0 Å². The molecule has 0 saturated heterocycles. The first-order valence-electron chi connectivity index (χ1n) is 9.28. The van der Waals surface area contributed by atoms with E-state index in [4.69, 9.17) is 10.5 Å². The molecule has 0 saturated carbocycles. The van der Waals surface area contributed by atoms with Gasteiger partial charge in [0.05, 0.1) is 0 Å². The van der Waals surface area contributed by atoms with Crippen LogP contribution in [0.4, 0.5) is 0 Å². The van der Waals surface area contributed by atoms with Gasteiger partial charge in [0, 0.05) is 13.2 Å². The Hall–Kier alpha value is -1.12. The van der Waals surface area contributed by atoms with E-state index in [2.05, 4.69) is 31.7 Å². The molecule has 0 heterocycles. The highest BCUT2D eigenvalue weighted by molar-refractivity contribution is 5.36. The summed E-state index contributed by atoms with van der Waals surface area (Å²) in [6, 6.07) is 7.07. The molecule has 0 aliphatic heterocycles. The van der Waals surface area contributed by atoms with Crippen LogP contribution in [-0.2, 0) is 17.6 Å². The molecular weight excluding hydrogens is 282 g/mol. The second kappa shape index (κ2) is 9.89. The molecule has 2 nitrogen and oxygen atoms in total. The van der Waals surface area contributed by atoms with Crippen molar-refractivity contribution in [1.29, 1.82) is 0 Å². The van der Waals surface area contributed by atoms with Crippen LogP contribution >= 0.6 is 0 Å². The molecule has 0 spiro atoms. The fourth-order valence-corrected chi connectivity index (χ4v) is 3.60. The number of unbranched alkanes of at least 4 members (excludes halogenated alkanes) is 1. The molecule has 0 radical (unpaired) electrons. The second-order valence-electron chi connectivity index (χ2n) is 6.86. The molecule has 1 aliphatic rings. The molecule has 1 aromatic carbocycles. The number of fused-ring (bicyclic) bond motifs is 1. The molecule has 2 rings (SSSR count). The van der Waals surface area contributed by atoms with Gasteiger partial charge in [0.25, 0.3) is 0 Å². The van der Waals surface area contributed by atoms with Gasteiger partial charge in [-0.25, -0.2) is 0 Å². The van der Waals surface area contributed by atoms with Gasteiger partial charge in [0.2, 0.25) is 0 Å². The van der Waals surface area contributed by atoms with Crippen LogP contribution in [0.1, 0.15) is 61.6 Å². The molecular formula is C21H33NO. The van der Waals surface area contributed by atoms with E-state index in [-0.39, 0.29) is 0 Å². The highest BCUT2D eigenvalue weighted by Crippen LogP contribution is 2.30. The van der Waals surface area contributed by atoms with E-state index in [1.54, 1.807) is 5.56 Å². The van der Waals surface area contributed by atoms with Crippen molar-refractivity contribution in [3.05, 3.63) is 47.5 Å². The zero-order valence-electron chi connectivity index (χ0n) is 14.7. The summed E-state index contributed by atoms with van der Waals surface area (Å²) in [7, 11) is 0. The number of nitrogens with two attached hydrogens (primary N) is 1. The number of benzene rings is 1. The van der Waals surface area contributed by atoms with Gasteiger partial charge in [0.1, 0.15) is 0 Å². The minimum absolute atomic E-state index is 0.524. The summed E-state index contributed by atoms with van der Waals surface area (Å²) < 4.78 is 5.84. The topological polar surface area (TPSA) is 35.2 Å². The summed E-state index contributed by atoms with van der Waals surface area (Å²) >= 11 is 0. The summed E-state index contributed by atoms with van der Waals surface area (Å²) in [6.45, 7) is 8.51. The maximum absolute atomic E-state index is 5.96. The Kier molecular flexibility index (Phi) is 7.84. The lowest BCUT2D eigenvalue weighted by atomic mass is 9.82. The molecule has 0 bridgehead atoms. The Balaban J connectivity index is 1.88. The van der Waals surface area contributed by atoms with Crippen LogP contribution in [-0.4, -0.2) is 19.8 Å². The normalized spacial score (nSPS) is 18.4. The molecule has 23 heavy (non-hydrogen) atoms. The molecule has 1 aliphatic carbocycles. The quantitative estimate of drug-likeness (QED) is 0.505. The van der Waals surface area contributed by atoms with Crippen LogP contribution in [0.3, 0.4) is 0 Å². The second-order valence-corrected chi connectivity index (χ2v) is 6.86. The Bertz CT molecular complexity index is 483. The van der Waals surface area contributed by atoms with E-state index in [1.807, 2.05) is 6.08 Å². The van der Waals surface area contributed by atoms with Gasteiger partial charge < -0.3 is 10.5 Å². The molecule has 0 fully saturated rings. The molecule has 128 valence electrons. The maximum Gasteiger partial charge on any atom is 0.0497 e. The third kappa shape index (κ3) is 5.47. The van der Waals surface area contributed by atoms with Crippen LogP contribution < -0.4 is 5.73 Å². The van der Waals surface area contributed by atoms with Crippen molar-refractivity contribution in [1.82, 2.24) is 0 Å². The SMILES string of the molecule is C=CCCCOCC1CCc2cc(C(CN)CCC)ccc2C1. The maximum atomic E-state index is 5.96. The Morgan fingerprint density at radius 1 is 1.39 bits per heavy atom. The van der Waals surface area contributed by atoms with Crippen molar-refractivity contribution in [2.45, 2.75) is 57.8 Å². The average molecular weight is 316 g/mol. The molecule has 0 amide bonds.